The lowest BCUT2D eigenvalue weighted by Gasteiger charge is -2.38. The number of hydrogen-bond donors (Lipinski definition) is 0. The zero-order chi connectivity index (χ0) is 21.5. The molecule has 1 aliphatic rings. The number of benzene rings is 1. The first-order valence-corrected chi connectivity index (χ1v) is 12.0. The van der Waals surface area contributed by atoms with E-state index in [0.717, 1.165) is 30.6 Å². The molecule has 7 nitrogen and oxygen atoms in total. The topological polar surface area (TPSA) is 82.1 Å². The van der Waals surface area contributed by atoms with E-state index in [4.69, 9.17) is 13.8 Å². The highest BCUT2D eigenvalue weighted by Gasteiger charge is 2.51. The third kappa shape index (κ3) is 5.54. The minimum Gasteiger partial charge on any atom is -0.355 e. The average molecular weight is 425 g/mol. The average Bonchev–Trinajstić information content (AvgIpc) is 2.93. The van der Waals surface area contributed by atoms with Gasteiger partial charge < -0.3 is 13.8 Å². The second-order valence-corrected chi connectivity index (χ2v) is 9.23. The molecule has 2 rings (SSSR count). The number of fused-ring (bicyclic) bond motifs is 1. The number of amides is 2. The van der Waals surface area contributed by atoms with E-state index < -0.39 is 25.1 Å². The lowest BCUT2D eigenvalue weighted by molar-refractivity contribution is -0.0967. The fourth-order valence-corrected chi connectivity index (χ4v) is 5.50. The summed E-state index contributed by atoms with van der Waals surface area (Å²) in [6, 6.07) is 6.65. The lowest BCUT2D eigenvalue weighted by atomic mass is 10.1. The van der Waals surface area contributed by atoms with Crippen LogP contribution in [0.1, 0.15) is 74.1 Å². The van der Waals surface area contributed by atoms with Crippen LogP contribution < -0.4 is 0 Å². The minimum atomic E-state index is -3.57. The van der Waals surface area contributed by atoms with E-state index in [-0.39, 0.29) is 19.4 Å². The number of hydrogen-bond acceptors (Lipinski definition) is 6. The Bertz CT molecular complexity index is 722. The molecular weight excluding hydrogens is 393 g/mol. The number of nitrogens with zero attached hydrogens (tertiary/aromatic N) is 1. The normalized spacial score (nSPS) is 16.2. The fourth-order valence-electron chi connectivity index (χ4n) is 3.50. The second kappa shape index (κ2) is 10.5. The van der Waals surface area contributed by atoms with E-state index in [1.165, 1.54) is 0 Å². The van der Waals surface area contributed by atoms with Crippen molar-refractivity contribution in [2.24, 2.45) is 0 Å². The third-order valence-electron chi connectivity index (χ3n) is 4.82. The molecule has 1 unspecified atom stereocenters. The Balaban J connectivity index is 2.33. The number of imide groups is 1. The summed E-state index contributed by atoms with van der Waals surface area (Å²) >= 11 is 0. The maximum Gasteiger partial charge on any atom is 0.335 e. The predicted molar refractivity (Wildman–Crippen MR) is 111 cm³/mol. The van der Waals surface area contributed by atoms with Gasteiger partial charge in [-0.05, 0) is 39.3 Å². The molecule has 1 aromatic rings. The molecule has 1 atom stereocenters. The molecule has 1 heterocycles. The highest BCUT2D eigenvalue weighted by molar-refractivity contribution is 7.53. The molecule has 0 saturated carbocycles. The Kier molecular flexibility index (Phi) is 8.58. The van der Waals surface area contributed by atoms with Gasteiger partial charge in [-0.25, -0.2) is 4.90 Å². The summed E-state index contributed by atoms with van der Waals surface area (Å²) < 4.78 is 30.1. The largest absolute Gasteiger partial charge is 0.355 e. The van der Waals surface area contributed by atoms with Gasteiger partial charge in [0.25, 0.3) is 11.8 Å². The SMILES string of the molecule is CCCCCCOC(C)(CP(=O)(OCC)OCC)N1C(=O)c2ccccc2C1=O. The van der Waals surface area contributed by atoms with Gasteiger partial charge in [0.1, 0.15) is 0 Å². The molecule has 0 radical (unpaired) electrons. The number of ether oxygens (including phenoxy) is 1. The molecule has 2 amide bonds. The monoisotopic (exact) mass is 425 g/mol. The van der Waals surface area contributed by atoms with Crippen LogP contribution in [0.15, 0.2) is 24.3 Å². The first kappa shape index (κ1) is 23.7. The maximum atomic E-state index is 13.2. The van der Waals surface area contributed by atoms with Crippen molar-refractivity contribution < 1.29 is 27.9 Å². The van der Waals surface area contributed by atoms with Gasteiger partial charge in [-0.15, -0.1) is 0 Å². The molecule has 162 valence electrons. The van der Waals surface area contributed by atoms with Gasteiger partial charge in [0.05, 0.1) is 30.5 Å². The number of unbranched alkanes of at least 4 members (excludes halogenated alkanes) is 3. The highest BCUT2D eigenvalue weighted by Crippen LogP contribution is 2.52. The predicted octanol–water partition coefficient (Wildman–Crippen LogP) is 4.86. The standard InChI is InChI=1S/C21H32NO6P/c1-5-8-9-12-15-26-21(4,16-29(25,27-6-2)28-7-3)22-19(23)17-13-10-11-14-18(17)20(22)24/h10-11,13-14H,5-9,12,15-16H2,1-4H3. The van der Waals surface area contributed by atoms with Crippen molar-refractivity contribution in [2.75, 3.05) is 26.0 Å². The Labute approximate surface area is 173 Å². The van der Waals surface area contributed by atoms with Crippen molar-refractivity contribution in [3.63, 3.8) is 0 Å². The molecule has 1 aliphatic heterocycles. The Morgan fingerprint density at radius 1 is 0.931 bits per heavy atom. The van der Waals surface area contributed by atoms with Crippen molar-refractivity contribution in [3.05, 3.63) is 35.4 Å². The van der Waals surface area contributed by atoms with Crippen molar-refractivity contribution in [3.8, 4) is 0 Å². The Morgan fingerprint density at radius 2 is 1.48 bits per heavy atom. The van der Waals surface area contributed by atoms with Crippen LogP contribution in [0.25, 0.3) is 0 Å². The third-order valence-corrected chi connectivity index (χ3v) is 7.09. The van der Waals surface area contributed by atoms with Crippen molar-refractivity contribution in [1.29, 1.82) is 0 Å². The van der Waals surface area contributed by atoms with Gasteiger partial charge in [0.15, 0.2) is 5.72 Å². The van der Waals surface area contributed by atoms with E-state index >= 15 is 0 Å². The molecule has 0 aromatic heterocycles. The van der Waals surface area contributed by atoms with Crippen LogP contribution in [0.3, 0.4) is 0 Å². The second-order valence-electron chi connectivity index (χ2n) is 7.18. The fraction of sp³-hybridized carbons (Fsp3) is 0.619. The summed E-state index contributed by atoms with van der Waals surface area (Å²) in [5.74, 6) is -0.914. The van der Waals surface area contributed by atoms with Gasteiger partial charge in [0.2, 0.25) is 0 Å². The molecule has 0 bridgehead atoms. The summed E-state index contributed by atoms with van der Waals surface area (Å²) in [4.78, 5) is 27.2. The maximum absolute atomic E-state index is 13.2. The van der Waals surface area contributed by atoms with E-state index in [9.17, 15) is 14.2 Å². The van der Waals surface area contributed by atoms with Gasteiger partial charge in [-0.2, -0.15) is 0 Å². The lowest BCUT2D eigenvalue weighted by Crippen LogP contribution is -2.54. The molecule has 0 N–H and O–H groups in total. The summed E-state index contributed by atoms with van der Waals surface area (Å²) in [6.07, 6.45) is 3.69. The highest BCUT2D eigenvalue weighted by atomic mass is 31.2. The smallest absolute Gasteiger partial charge is 0.335 e. The summed E-state index contributed by atoms with van der Waals surface area (Å²) in [6.45, 7) is 7.87. The van der Waals surface area contributed by atoms with Crippen molar-refractivity contribution in [2.45, 2.75) is 59.1 Å². The zero-order valence-electron chi connectivity index (χ0n) is 17.8. The van der Waals surface area contributed by atoms with E-state index in [2.05, 4.69) is 6.92 Å². The van der Waals surface area contributed by atoms with E-state index in [1.54, 1.807) is 45.0 Å². The summed E-state index contributed by atoms with van der Waals surface area (Å²) in [5, 5.41) is 0. The number of carbonyl (C=O) groups excluding carboxylic acids is 2. The Hall–Kier alpha value is -1.53. The van der Waals surface area contributed by atoms with Gasteiger partial charge in [0, 0.05) is 6.61 Å². The van der Waals surface area contributed by atoms with Crippen LogP contribution in [-0.4, -0.2) is 48.4 Å². The van der Waals surface area contributed by atoms with E-state index in [1.807, 2.05) is 0 Å². The van der Waals surface area contributed by atoms with Gasteiger partial charge in [-0.1, -0.05) is 38.3 Å². The molecule has 0 saturated heterocycles. The van der Waals surface area contributed by atoms with Crippen LogP contribution in [0.5, 0.6) is 0 Å². The van der Waals surface area contributed by atoms with Crippen LogP contribution in [-0.2, 0) is 18.3 Å². The van der Waals surface area contributed by atoms with Crippen molar-refractivity contribution in [1.82, 2.24) is 4.90 Å². The zero-order valence-corrected chi connectivity index (χ0v) is 18.7. The number of carbonyl (C=O) groups is 2. The first-order valence-electron chi connectivity index (χ1n) is 10.3. The van der Waals surface area contributed by atoms with Crippen LogP contribution in [0.2, 0.25) is 0 Å². The summed E-state index contributed by atoms with van der Waals surface area (Å²) in [7, 11) is -3.57. The van der Waals surface area contributed by atoms with Gasteiger partial charge in [-0.3, -0.25) is 14.2 Å². The molecule has 8 heteroatoms. The van der Waals surface area contributed by atoms with Gasteiger partial charge >= 0.3 is 7.60 Å². The van der Waals surface area contributed by atoms with E-state index in [0.29, 0.717) is 17.7 Å². The molecular formula is C21H32NO6P. The quantitative estimate of drug-likeness (QED) is 0.255. The minimum absolute atomic E-state index is 0.186. The summed E-state index contributed by atoms with van der Waals surface area (Å²) in [5.41, 5.74) is -0.805. The molecule has 0 fully saturated rings. The van der Waals surface area contributed by atoms with Crippen molar-refractivity contribution >= 4 is 19.4 Å². The number of rotatable bonds is 13. The van der Waals surface area contributed by atoms with Crippen LogP contribution in [0.4, 0.5) is 0 Å². The molecule has 0 aliphatic carbocycles. The Morgan fingerprint density at radius 3 is 1.97 bits per heavy atom. The van der Waals surface area contributed by atoms with Crippen LogP contribution in [0, 0.1) is 0 Å². The molecule has 1 aromatic carbocycles. The van der Waals surface area contributed by atoms with Crippen LogP contribution >= 0.6 is 7.60 Å². The molecule has 29 heavy (non-hydrogen) atoms. The molecule has 0 spiro atoms. The first-order chi connectivity index (χ1) is 13.8.